The van der Waals surface area contributed by atoms with E-state index in [9.17, 15) is 29.1 Å². The number of likely N-dealkylation sites (tertiary alicyclic amines) is 1. The van der Waals surface area contributed by atoms with Gasteiger partial charge in [0.25, 0.3) is 5.91 Å². The standard InChI is InChI=1S/C32H39N5O8/c1-34-19-31(42)37(32(34)43)20-30(41)36-14-12-27-26(17-36)33-28(39)18-35(13-3-15-38)29(40)11-8-22-6-9-24(10-7-22)45-25-5-2-4-23(16-25)21-44-27/h2,4-7,9-10,16,26-27,38H,3,8,11-15,17-21H2,1H3,(H,33,39)/t26-,27-/m0/s1. The first kappa shape index (κ1) is 31.9. The van der Waals surface area contributed by atoms with E-state index in [0.29, 0.717) is 37.3 Å². The number of aliphatic hydroxyl groups is 1. The van der Waals surface area contributed by atoms with Gasteiger partial charge < -0.3 is 34.6 Å². The number of rotatable bonds is 5. The second kappa shape index (κ2) is 14.5. The predicted octanol–water partition coefficient (Wildman–Crippen LogP) is 1.13. The van der Waals surface area contributed by atoms with Crippen molar-refractivity contribution >= 4 is 29.7 Å². The van der Waals surface area contributed by atoms with Gasteiger partial charge in [-0.25, -0.2) is 4.79 Å². The van der Waals surface area contributed by atoms with E-state index in [4.69, 9.17) is 9.47 Å². The number of carbonyl (C=O) groups excluding carboxylic acids is 5. The summed E-state index contributed by atoms with van der Waals surface area (Å²) < 4.78 is 12.3. The Morgan fingerprint density at radius 1 is 0.978 bits per heavy atom. The summed E-state index contributed by atoms with van der Waals surface area (Å²) in [6, 6.07) is 13.9. The van der Waals surface area contributed by atoms with Crippen molar-refractivity contribution in [3.63, 3.8) is 0 Å². The molecular formula is C32H39N5O8. The lowest BCUT2D eigenvalue weighted by molar-refractivity contribution is -0.141. The first-order valence-corrected chi connectivity index (χ1v) is 15.2. The van der Waals surface area contributed by atoms with E-state index in [1.807, 2.05) is 48.5 Å². The lowest BCUT2D eigenvalue weighted by atomic mass is 10.0. The van der Waals surface area contributed by atoms with E-state index in [2.05, 4.69) is 5.32 Å². The molecular weight excluding hydrogens is 582 g/mol. The number of hydrogen-bond acceptors (Lipinski definition) is 8. The van der Waals surface area contributed by atoms with Gasteiger partial charge in [0.05, 0.1) is 25.3 Å². The molecule has 0 aliphatic carbocycles. The Labute approximate surface area is 261 Å². The zero-order valence-electron chi connectivity index (χ0n) is 25.4. The molecule has 2 N–H and O–H groups in total. The zero-order chi connectivity index (χ0) is 31.9. The Balaban J connectivity index is 1.35. The van der Waals surface area contributed by atoms with E-state index in [0.717, 1.165) is 16.0 Å². The van der Waals surface area contributed by atoms with Crippen LogP contribution in [0.1, 0.15) is 30.4 Å². The molecule has 0 radical (unpaired) electrons. The van der Waals surface area contributed by atoms with Gasteiger partial charge in [0, 0.05) is 39.7 Å². The zero-order valence-corrected chi connectivity index (χ0v) is 25.4. The van der Waals surface area contributed by atoms with Crippen LogP contribution < -0.4 is 10.1 Å². The molecule has 0 spiro atoms. The lowest BCUT2D eigenvalue weighted by Gasteiger charge is -2.39. The molecule has 240 valence electrons. The highest BCUT2D eigenvalue weighted by molar-refractivity contribution is 6.04. The van der Waals surface area contributed by atoms with Gasteiger partial charge in [-0.2, -0.15) is 0 Å². The molecule has 45 heavy (non-hydrogen) atoms. The molecule has 0 unspecified atom stereocenters. The van der Waals surface area contributed by atoms with E-state index >= 15 is 0 Å². The van der Waals surface area contributed by atoms with Crippen LogP contribution in [0, 0.1) is 0 Å². The summed E-state index contributed by atoms with van der Waals surface area (Å²) in [6.45, 7) is 0.0499. The minimum absolute atomic E-state index is 0.0792. The Morgan fingerprint density at radius 2 is 1.78 bits per heavy atom. The van der Waals surface area contributed by atoms with Gasteiger partial charge in [-0.1, -0.05) is 24.3 Å². The third-order valence-corrected chi connectivity index (χ3v) is 8.20. The predicted molar refractivity (Wildman–Crippen MR) is 161 cm³/mol. The lowest BCUT2D eigenvalue weighted by Crippen LogP contribution is -2.59. The van der Waals surface area contributed by atoms with Crippen molar-refractivity contribution in [3.05, 3.63) is 59.7 Å². The second-order valence-corrected chi connectivity index (χ2v) is 11.6. The highest BCUT2D eigenvalue weighted by Crippen LogP contribution is 2.25. The molecule has 13 heteroatoms. The molecule has 2 aromatic carbocycles. The maximum absolute atomic E-state index is 13.4. The van der Waals surface area contributed by atoms with Crippen LogP contribution in [0.25, 0.3) is 0 Å². The van der Waals surface area contributed by atoms with E-state index in [-0.39, 0.29) is 58.3 Å². The second-order valence-electron chi connectivity index (χ2n) is 11.6. The number of aryl methyl sites for hydroxylation is 1. The molecule has 6 rings (SSSR count). The molecule has 13 nitrogen and oxygen atoms in total. The minimum Gasteiger partial charge on any atom is -0.457 e. The van der Waals surface area contributed by atoms with E-state index in [1.165, 1.54) is 21.7 Å². The number of nitrogens with zero attached hydrogens (tertiary/aromatic N) is 4. The highest BCUT2D eigenvalue weighted by atomic mass is 16.5. The minimum atomic E-state index is -0.616. The molecule has 4 aliphatic heterocycles. The van der Waals surface area contributed by atoms with Gasteiger partial charge in [-0.15, -0.1) is 0 Å². The molecule has 2 aromatic rings. The Kier molecular flexibility index (Phi) is 10.3. The molecule has 4 bridgehead atoms. The number of urea groups is 1. The van der Waals surface area contributed by atoms with E-state index < -0.39 is 35.9 Å². The van der Waals surface area contributed by atoms with Crippen LogP contribution in [0.15, 0.2) is 48.5 Å². The molecule has 2 saturated heterocycles. The first-order chi connectivity index (χ1) is 21.7. The fraction of sp³-hybridized carbons (Fsp3) is 0.469. The molecule has 0 aromatic heterocycles. The fourth-order valence-corrected chi connectivity index (χ4v) is 5.71. The summed E-state index contributed by atoms with van der Waals surface area (Å²) in [7, 11) is 1.50. The van der Waals surface area contributed by atoms with Crippen LogP contribution in [0.5, 0.6) is 11.5 Å². The van der Waals surface area contributed by atoms with Crippen molar-refractivity contribution < 1.29 is 38.6 Å². The number of piperidine rings is 1. The molecule has 4 heterocycles. The number of aliphatic hydroxyl groups excluding tert-OH is 1. The number of amides is 6. The van der Waals surface area contributed by atoms with Crippen molar-refractivity contribution in [2.75, 3.05) is 52.9 Å². The Morgan fingerprint density at radius 3 is 2.51 bits per heavy atom. The van der Waals surface area contributed by atoms with Gasteiger partial charge in [0.15, 0.2) is 0 Å². The van der Waals surface area contributed by atoms with Crippen molar-refractivity contribution in [2.45, 2.75) is 44.4 Å². The van der Waals surface area contributed by atoms with Crippen molar-refractivity contribution in [2.24, 2.45) is 0 Å². The SMILES string of the molecule is CN1CC(=O)N(CC(=O)N2CC[C@@H]3OCc4cccc(c4)Oc4ccc(cc4)CCC(=O)N(CCCO)CC(=O)N[C@H]3C2)C1=O. The smallest absolute Gasteiger partial charge is 0.327 e. The van der Waals surface area contributed by atoms with Crippen LogP contribution in [0.3, 0.4) is 0 Å². The quantitative estimate of drug-likeness (QED) is 0.472. The average molecular weight is 622 g/mol. The van der Waals surface area contributed by atoms with Crippen LogP contribution in [-0.4, -0.2) is 119 Å². The Hall–Kier alpha value is -4.49. The van der Waals surface area contributed by atoms with Crippen LogP contribution >= 0.6 is 0 Å². The van der Waals surface area contributed by atoms with Gasteiger partial charge >= 0.3 is 6.03 Å². The number of benzene rings is 2. The summed E-state index contributed by atoms with van der Waals surface area (Å²) >= 11 is 0. The maximum atomic E-state index is 13.4. The van der Waals surface area contributed by atoms with Crippen molar-refractivity contribution in [1.82, 2.24) is 24.9 Å². The van der Waals surface area contributed by atoms with Crippen molar-refractivity contribution in [3.8, 4) is 11.5 Å². The number of ether oxygens (including phenoxy) is 2. The summed E-state index contributed by atoms with van der Waals surface area (Å²) in [6.07, 6.45) is 0.915. The first-order valence-electron chi connectivity index (χ1n) is 15.2. The number of fused-ring (bicyclic) bond motifs is 9. The number of imide groups is 1. The van der Waals surface area contributed by atoms with Crippen LogP contribution in [-0.2, 0) is 36.9 Å². The third-order valence-electron chi connectivity index (χ3n) is 8.20. The summed E-state index contributed by atoms with van der Waals surface area (Å²) in [5.74, 6) is -0.194. The van der Waals surface area contributed by atoms with E-state index in [1.54, 1.807) is 0 Å². The third kappa shape index (κ3) is 8.17. The highest BCUT2D eigenvalue weighted by Gasteiger charge is 2.38. The van der Waals surface area contributed by atoms with Crippen LogP contribution in [0.4, 0.5) is 4.79 Å². The fourth-order valence-electron chi connectivity index (χ4n) is 5.71. The molecule has 4 aliphatic rings. The number of carbonyl (C=O) groups is 5. The van der Waals surface area contributed by atoms with Crippen molar-refractivity contribution in [1.29, 1.82) is 0 Å². The number of nitrogens with one attached hydrogen (secondary N) is 1. The molecule has 6 amide bonds. The Bertz CT molecular complexity index is 1420. The van der Waals surface area contributed by atoms with Gasteiger partial charge in [-0.3, -0.25) is 24.1 Å². The molecule has 0 saturated carbocycles. The summed E-state index contributed by atoms with van der Waals surface area (Å²) in [4.78, 5) is 69.5. The summed E-state index contributed by atoms with van der Waals surface area (Å²) in [5, 5.41) is 12.4. The average Bonchev–Trinajstić information content (AvgIpc) is 3.27. The molecule has 2 atom stereocenters. The van der Waals surface area contributed by atoms with Crippen LogP contribution in [0.2, 0.25) is 0 Å². The van der Waals surface area contributed by atoms with Gasteiger partial charge in [0.1, 0.15) is 24.6 Å². The number of likely N-dealkylation sites (N-methyl/N-ethyl adjacent to an activating group) is 1. The number of hydrogen-bond donors (Lipinski definition) is 2. The topological polar surface area (TPSA) is 149 Å². The largest absolute Gasteiger partial charge is 0.457 e. The summed E-state index contributed by atoms with van der Waals surface area (Å²) in [5.41, 5.74) is 1.81. The van der Waals surface area contributed by atoms with Gasteiger partial charge in [0.2, 0.25) is 17.7 Å². The van der Waals surface area contributed by atoms with Gasteiger partial charge in [-0.05, 0) is 54.7 Å². The normalized spacial score (nSPS) is 21.6. The monoisotopic (exact) mass is 621 g/mol. The maximum Gasteiger partial charge on any atom is 0.327 e. The molecule has 2 fully saturated rings.